The Hall–Kier alpha value is -0.870. The first kappa shape index (κ1) is 12.6. The van der Waals surface area contributed by atoms with Crippen molar-refractivity contribution in [1.29, 1.82) is 0 Å². The Labute approximate surface area is 110 Å². The SMILES string of the molecule is CC1CN(C(=O)Cc2ccc(Br)cc2)CCN1. The maximum absolute atomic E-state index is 12.1. The molecule has 0 aliphatic carbocycles. The second-order valence-corrected chi connectivity index (χ2v) is 5.41. The number of halogens is 1. The van der Waals surface area contributed by atoms with Gasteiger partial charge in [-0.1, -0.05) is 28.1 Å². The van der Waals surface area contributed by atoms with Crippen molar-refractivity contribution in [2.24, 2.45) is 0 Å². The largest absolute Gasteiger partial charge is 0.340 e. The molecule has 1 N–H and O–H groups in total. The number of carbonyl (C=O) groups excluding carboxylic acids is 1. The summed E-state index contributed by atoms with van der Waals surface area (Å²) in [5.41, 5.74) is 1.07. The molecule has 1 unspecified atom stereocenters. The predicted molar refractivity (Wildman–Crippen MR) is 71.9 cm³/mol. The summed E-state index contributed by atoms with van der Waals surface area (Å²) >= 11 is 3.39. The Morgan fingerprint density at radius 3 is 2.82 bits per heavy atom. The summed E-state index contributed by atoms with van der Waals surface area (Å²) in [7, 11) is 0. The number of carbonyl (C=O) groups is 1. The van der Waals surface area contributed by atoms with Crippen LogP contribution in [-0.4, -0.2) is 36.5 Å². The van der Waals surface area contributed by atoms with E-state index in [4.69, 9.17) is 0 Å². The minimum atomic E-state index is 0.223. The Morgan fingerprint density at radius 2 is 2.18 bits per heavy atom. The van der Waals surface area contributed by atoms with Crippen LogP contribution in [0.1, 0.15) is 12.5 Å². The maximum atomic E-state index is 12.1. The van der Waals surface area contributed by atoms with Gasteiger partial charge in [-0.25, -0.2) is 0 Å². The lowest BCUT2D eigenvalue weighted by Gasteiger charge is -2.32. The van der Waals surface area contributed by atoms with Crippen molar-refractivity contribution in [2.45, 2.75) is 19.4 Å². The molecule has 1 atom stereocenters. The molecular formula is C13H17BrN2O. The highest BCUT2D eigenvalue weighted by molar-refractivity contribution is 9.10. The number of piperazine rings is 1. The third-order valence-electron chi connectivity index (χ3n) is 2.99. The van der Waals surface area contributed by atoms with Gasteiger partial charge in [0.25, 0.3) is 0 Å². The number of rotatable bonds is 2. The minimum Gasteiger partial charge on any atom is -0.340 e. The minimum absolute atomic E-state index is 0.223. The maximum Gasteiger partial charge on any atom is 0.227 e. The van der Waals surface area contributed by atoms with Crippen LogP contribution in [0.2, 0.25) is 0 Å². The van der Waals surface area contributed by atoms with Crippen molar-refractivity contribution in [3.8, 4) is 0 Å². The third kappa shape index (κ3) is 3.54. The summed E-state index contributed by atoms with van der Waals surface area (Å²) < 4.78 is 1.05. The smallest absolute Gasteiger partial charge is 0.227 e. The van der Waals surface area contributed by atoms with Gasteiger partial charge in [-0.2, -0.15) is 0 Å². The van der Waals surface area contributed by atoms with Crippen molar-refractivity contribution in [2.75, 3.05) is 19.6 Å². The van der Waals surface area contributed by atoms with E-state index < -0.39 is 0 Å². The van der Waals surface area contributed by atoms with Crippen LogP contribution in [0.25, 0.3) is 0 Å². The predicted octanol–water partition coefficient (Wildman–Crippen LogP) is 1.81. The molecule has 1 amide bonds. The zero-order valence-electron chi connectivity index (χ0n) is 9.95. The zero-order valence-corrected chi connectivity index (χ0v) is 11.5. The number of nitrogens with one attached hydrogen (secondary N) is 1. The molecule has 3 nitrogen and oxygen atoms in total. The average molecular weight is 297 g/mol. The van der Waals surface area contributed by atoms with Crippen LogP contribution in [-0.2, 0) is 11.2 Å². The standard InChI is InChI=1S/C13H17BrN2O/c1-10-9-16(7-6-15-10)13(17)8-11-2-4-12(14)5-3-11/h2-5,10,15H,6-9H2,1H3. The van der Waals surface area contributed by atoms with E-state index in [0.717, 1.165) is 29.7 Å². The van der Waals surface area contributed by atoms with Crippen molar-refractivity contribution in [3.63, 3.8) is 0 Å². The Morgan fingerprint density at radius 1 is 1.47 bits per heavy atom. The summed E-state index contributed by atoms with van der Waals surface area (Å²) in [4.78, 5) is 14.0. The summed E-state index contributed by atoms with van der Waals surface area (Å²) in [5, 5.41) is 3.34. The average Bonchev–Trinajstić information content (AvgIpc) is 2.32. The van der Waals surface area contributed by atoms with E-state index >= 15 is 0 Å². The second kappa shape index (κ2) is 5.65. The van der Waals surface area contributed by atoms with Gasteiger partial charge in [-0.3, -0.25) is 4.79 Å². The summed E-state index contributed by atoms with van der Waals surface area (Å²) in [6.07, 6.45) is 0.500. The summed E-state index contributed by atoms with van der Waals surface area (Å²) in [5.74, 6) is 0.223. The monoisotopic (exact) mass is 296 g/mol. The molecule has 0 radical (unpaired) electrons. The molecule has 0 aromatic heterocycles. The molecule has 17 heavy (non-hydrogen) atoms. The highest BCUT2D eigenvalue weighted by Crippen LogP contribution is 2.12. The molecule has 1 heterocycles. The lowest BCUT2D eigenvalue weighted by atomic mass is 10.1. The lowest BCUT2D eigenvalue weighted by molar-refractivity contribution is -0.131. The molecule has 1 saturated heterocycles. The first-order chi connectivity index (χ1) is 8.15. The van der Waals surface area contributed by atoms with Gasteiger partial charge in [0.05, 0.1) is 6.42 Å². The first-order valence-electron chi connectivity index (χ1n) is 5.91. The second-order valence-electron chi connectivity index (χ2n) is 4.50. The van der Waals surface area contributed by atoms with Gasteiger partial charge >= 0.3 is 0 Å². The number of hydrogen-bond acceptors (Lipinski definition) is 2. The van der Waals surface area contributed by atoms with Crippen molar-refractivity contribution >= 4 is 21.8 Å². The summed E-state index contributed by atoms with van der Waals surface area (Å²) in [6.45, 7) is 4.64. The molecule has 4 heteroatoms. The van der Waals surface area contributed by atoms with Gasteiger partial charge in [-0.05, 0) is 24.6 Å². The quantitative estimate of drug-likeness (QED) is 0.903. The molecule has 1 aromatic rings. The Kier molecular flexibility index (Phi) is 4.18. The van der Waals surface area contributed by atoms with E-state index in [1.165, 1.54) is 0 Å². The van der Waals surface area contributed by atoms with Crippen molar-refractivity contribution < 1.29 is 4.79 Å². The van der Waals surface area contributed by atoms with Gasteiger partial charge in [-0.15, -0.1) is 0 Å². The molecule has 1 aromatic carbocycles. The topological polar surface area (TPSA) is 32.3 Å². The van der Waals surface area contributed by atoms with E-state index in [2.05, 4.69) is 28.2 Å². The number of benzene rings is 1. The van der Waals surface area contributed by atoms with Crippen LogP contribution in [0.4, 0.5) is 0 Å². The highest BCUT2D eigenvalue weighted by Gasteiger charge is 2.20. The van der Waals surface area contributed by atoms with E-state index in [0.29, 0.717) is 12.5 Å². The van der Waals surface area contributed by atoms with Crippen LogP contribution >= 0.6 is 15.9 Å². The molecule has 0 bridgehead atoms. The van der Waals surface area contributed by atoms with E-state index in [9.17, 15) is 4.79 Å². The lowest BCUT2D eigenvalue weighted by Crippen LogP contribution is -2.51. The highest BCUT2D eigenvalue weighted by atomic mass is 79.9. The third-order valence-corrected chi connectivity index (χ3v) is 3.52. The van der Waals surface area contributed by atoms with Gasteiger partial charge in [0, 0.05) is 30.1 Å². The van der Waals surface area contributed by atoms with Crippen LogP contribution in [0.15, 0.2) is 28.7 Å². The molecular weight excluding hydrogens is 280 g/mol. The van der Waals surface area contributed by atoms with Gasteiger partial charge < -0.3 is 10.2 Å². The number of amides is 1. The van der Waals surface area contributed by atoms with Gasteiger partial charge in [0.1, 0.15) is 0 Å². The van der Waals surface area contributed by atoms with Crippen molar-refractivity contribution in [1.82, 2.24) is 10.2 Å². The van der Waals surface area contributed by atoms with Crippen molar-refractivity contribution in [3.05, 3.63) is 34.3 Å². The molecule has 92 valence electrons. The zero-order chi connectivity index (χ0) is 12.3. The fourth-order valence-electron chi connectivity index (χ4n) is 2.05. The van der Waals surface area contributed by atoms with Crippen LogP contribution in [0.3, 0.4) is 0 Å². The van der Waals surface area contributed by atoms with Gasteiger partial charge in [0.15, 0.2) is 0 Å². The number of hydrogen-bond donors (Lipinski definition) is 1. The Balaban J connectivity index is 1.94. The van der Waals surface area contributed by atoms with Crippen LogP contribution < -0.4 is 5.32 Å². The molecule has 1 aliphatic heterocycles. The molecule has 0 spiro atoms. The fourth-order valence-corrected chi connectivity index (χ4v) is 2.31. The molecule has 2 rings (SSSR count). The first-order valence-corrected chi connectivity index (χ1v) is 6.70. The Bertz CT molecular complexity index is 391. The molecule has 1 fully saturated rings. The molecule has 1 aliphatic rings. The fraction of sp³-hybridized carbons (Fsp3) is 0.462. The summed E-state index contributed by atoms with van der Waals surface area (Å²) in [6, 6.07) is 8.34. The van der Waals surface area contributed by atoms with Crippen LogP contribution in [0, 0.1) is 0 Å². The van der Waals surface area contributed by atoms with Gasteiger partial charge in [0.2, 0.25) is 5.91 Å². The van der Waals surface area contributed by atoms with E-state index in [1.54, 1.807) is 0 Å². The van der Waals surface area contributed by atoms with E-state index in [1.807, 2.05) is 29.2 Å². The molecule has 0 saturated carbocycles. The van der Waals surface area contributed by atoms with Crippen LogP contribution in [0.5, 0.6) is 0 Å². The number of nitrogens with zero attached hydrogens (tertiary/aromatic N) is 1. The van der Waals surface area contributed by atoms with E-state index in [-0.39, 0.29) is 5.91 Å². The normalized spacial score (nSPS) is 20.4.